The quantitative estimate of drug-likeness (QED) is 0.806. The fraction of sp³-hybridized carbons (Fsp3) is 0.737. The van der Waals surface area contributed by atoms with E-state index in [2.05, 4.69) is 48.0 Å². The van der Waals surface area contributed by atoms with Crippen LogP contribution < -0.4 is 10.9 Å². The summed E-state index contributed by atoms with van der Waals surface area (Å²) < 4.78 is 20.4. The maximum atomic E-state index is 12.5. The summed E-state index contributed by atoms with van der Waals surface area (Å²) in [5, 5.41) is 3.17. The van der Waals surface area contributed by atoms with Crippen LogP contribution in [-0.2, 0) is 14.2 Å². The van der Waals surface area contributed by atoms with Crippen molar-refractivity contribution >= 4 is 17.1 Å². The van der Waals surface area contributed by atoms with Crippen molar-refractivity contribution in [1.82, 2.24) is 19.5 Å². The Bertz CT molecular complexity index is 919. The van der Waals surface area contributed by atoms with Gasteiger partial charge in [-0.15, -0.1) is 0 Å². The van der Waals surface area contributed by atoms with Gasteiger partial charge in [0.2, 0.25) is 5.95 Å². The van der Waals surface area contributed by atoms with Crippen LogP contribution in [0, 0.1) is 11.8 Å². The molecule has 9 heteroatoms. The summed E-state index contributed by atoms with van der Waals surface area (Å²) in [5.41, 5.74) is 0.465. The molecule has 1 unspecified atom stereocenters. The Morgan fingerprint density at radius 3 is 2.64 bits per heavy atom. The molecular weight excluding hydrogens is 362 g/mol. The summed E-state index contributed by atoms with van der Waals surface area (Å²) in [5.74, 6) is 0.412. The normalized spacial score (nSPS) is 29.1. The molecule has 9 nitrogen and oxygen atoms in total. The van der Waals surface area contributed by atoms with E-state index >= 15 is 0 Å². The molecular formula is C19H29N5O4. The van der Waals surface area contributed by atoms with Gasteiger partial charge >= 0.3 is 0 Å². The third kappa shape index (κ3) is 3.31. The molecule has 0 spiro atoms. The molecule has 154 valence electrons. The lowest BCUT2D eigenvalue weighted by Crippen LogP contribution is -2.33. The maximum absolute atomic E-state index is 12.5. The number of nitrogens with zero attached hydrogens (tertiary/aromatic N) is 3. The monoisotopic (exact) mass is 391 g/mol. The molecule has 2 aliphatic rings. The van der Waals surface area contributed by atoms with Crippen LogP contribution in [0.3, 0.4) is 0 Å². The van der Waals surface area contributed by atoms with Crippen LogP contribution in [-0.4, -0.2) is 50.2 Å². The molecule has 0 saturated carbocycles. The number of anilines is 1. The predicted molar refractivity (Wildman–Crippen MR) is 104 cm³/mol. The van der Waals surface area contributed by atoms with Crippen molar-refractivity contribution < 1.29 is 14.2 Å². The third-order valence-corrected chi connectivity index (χ3v) is 5.11. The van der Waals surface area contributed by atoms with E-state index in [9.17, 15) is 4.79 Å². The lowest BCUT2D eigenvalue weighted by molar-refractivity contribution is -0.200. The highest BCUT2D eigenvalue weighted by molar-refractivity contribution is 5.71. The van der Waals surface area contributed by atoms with Crippen molar-refractivity contribution in [3.8, 4) is 0 Å². The summed E-state index contributed by atoms with van der Waals surface area (Å²) in [6.45, 7) is 12.9. The minimum Gasteiger partial charge on any atom is -0.355 e. The molecule has 2 N–H and O–H groups in total. The number of hydrogen-bond donors (Lipinski definition) is 2. The van der Waals surface area contributed by atoms with Crippen LogP contribution in [0.4, 0.5) is 5.95 Å². The van der Waals surface area contributed by atoms with Crippen molar-refractivity contribution in [3.63, 3.8) is 0 Å². The Morgan fingerprint density at radius 1 is 1.25 bits per heavy atom. The van der Waals surface area contributed by atoms with E-state index in [0.29, 0.717) is 24.1 Å². The first-order valence-corrected chi connectivity index (χ1v) is 9.88. The van der Waals surface area contributed by atoms with E-state index < -0.39 is 12.0 Å². The van der Waals surface area contributed by atoms with Crippen molar-refractivity contribution in [2.45, 2.75) is 71.9 Å². The summed E-state index contributed by atoms with van der Waals surface area (Å²) in [6.07, 6.45) is 0.537. The van der Waals surface area contributed by atoms with Gasteiger partial charge in [0.15, 0.2) is 23.2 Å². The maximum Gasteiger partial charge on any atom is 0.280 e. The number of aromatic nitrogens is 4. The highest BCUT2D eigenvalue weighted by Crippen LogP contribution is 2.45. The van der Waals surface area contributed by atoms with Crippen LogP contribution in [0.25, 0.3) is 11.2 Å². The molecule has 28 heavy (non-hydrogen) atoms. The van der Waals surface area contributed by atoms with Gasteiger partial charge in [-0.2, -0.15) is 4.98 Å². The summed E-state index contributed by atoms with van der Waals surface area (Å²) in [4.78, 5) is 24.1. The molecule has 2 aromatic heterocycles. The van der Waals surface area contributed by atoms with Crippen LogP contribution in [0.15, 0.2) is 11.1 Å². The molecule has 4 atom stereocenters. The molecule has 4 rings (SSSR count). The van der Waals surface area contributed by atoms with Gasteiger partial charge in [0.05, 0.1) is 12.4 Å². The topological polar surface area (TPSA) is 103 Å². The van der Waals surface area contributed by atoms with Gasteiger partial charge in [-0.05, 0) is 25.7 Å². The molecule has 0 aromatic carbocycles. The van der Waals surface area contributed by atoms with E-state index in [1.807, 2.05) is 13.8 Å². The fourth-order valence-corrected chi connectivity index (χ4v) is 3.86. The molecule has 0 aliphatic carbocycles. The molecule has 0 amide bonds. The average Bonchev–Trinajstić information content (AvgIpc) is 3.23. The summed E-state index contributed by atoms with van der Waals surface area (Å²) >= 11 is 0. The average molecular weight is 391 g/mol. The zero-order valence-corrected chi connectivity index (χ0v) is 17.2. The van der Waals surface area contributed by atoms with Gasteiger partial charge in [-0.3, -0.25) is 14.3 Å². The number of aromatic amines is 1. The Balaban J connectivity index is 1.73. The number of hydrogen-bond acceptors (Lipinski definition) is 7. The summed E-state index contributed by atoms with van der Waals surface area (Å²) in [7, 11) is 0. The van der Waals surface area contributed by atoms with Crippen molar-refractivity contribution in [3.05, 3.63) is 16.7 Å². The predicted octanol–water partition coefficient (Wildman–Crippen LogP) is 2.26. The smallest absolute Gasteiger partial charge is 0.280 e. The van der Waals surface area contributed by atoms with E-state index in [4.69, 9.17) is 14.2 Å². The summed E-state index contributed by atoms with van der Waals surface area (Å²) in [6, 6.07) is 0. The first kappa shape index (κ1) is 19.4. The van der Waals surface area contributed by atoms with Crippen molar-refractivity contribution in [2.24, 2.45) is 11.8 Å². The fourth-order valence-electron chi connectivity index (χ4n) is 3.86. The number of fused-ring (bicyclic) bond motifs is 2. The van der Waals surface area contributed by atoms with E-state index in [-0.39, 0.29) is 35.3 Å². The number of nitrogens with one attached hydrogen (secondary N) is 2. The highest BCUT2D eigenvalue weighted by atomic mass is 16.8. The van der Waals surface area contributed by atoms with Gasteiger partial charge < -0.3 is 19.5 Å². The second-order valence-corrected chi connectivity index (χ2v) is 8.81. The SMILES string of the molecule is CC(C)CNc1nc2c(ncn2[C@@H]2O[C@H](C(C)C)C3OC(C)(C)O[C@@H]32)c(=O)[nH]1. The first-order valence-electron chi connectivity index (χ1n) is 9.88. The minimum atomic E-state index is -0.685. The zero-order chi connectivity index (χ0) is 20.2. The largest absolute Gasteiger partial charge is 0.355 e. The van der Waals surface area contributed by atoms with Gasteiger partial charge in [0.25, 0.3) is 5.56 Å². The molecule has 2 fully saturated rings. The molecule has 2 aliphatic heterocycles. The standard InChI is InChI=1S/C19H29N5O4/c1-9(2)7-20-18-22-15-11(16(25)23-18)21-8-24(15)17-14-13(12(26-17)10(3)4)27-19(5,6)28-14/h8-10,12-14,17H,7H2,1-6H3,(H2,20,22,23,25)/t12-,13?,14+,17-/m1/s1. The number of imidazole rings is 1. The molecule has 0 radical (unpaired) electrons. The van der Waals surface area contributed by atoms with E-state index in [1.165, 1.54) is 0 Å². The van der Waals surface area contributed by atoms with Gasteiger partial charge in [-0.25, -0.2) is 4.98 Å². The Morgan fingerprint density at radius 2 is 1.96 bits per heavy atom. The number of H-pyrrole nitrogens is 1. The molecule has 4 heterocycles. The van der Waals surface area contributed by atoms with Crippen LogP contribution in [0.1, 0.15) is 47.8 Å². The van der Waals surface area contributed by atoms with Gasteiger partial charge in [-0.1, -0.05) is 27.7 Å². The van der Waals surface area contributed by atoms with Crippen molar-refractivity contribution in [1.29, 1.82) is 0 Å². The van der Waals surface area contributed by atoms with E-state index in [0.717, 1.165) is 0 Å². The van der Waals surface area contributed by atoms with Crippen LogP contribution in [0.2, 0.25) is 0 Å². The Kier molecular flexibility index (Phi) is 4.71. The minimum absolute atomic E-state index is 0.116. The van der Waals surface area contributed by atoms with Crippen LogP contribution >= 0.6 is 0 Å². The second-order valence-electron chi connectivity index (χ2n) is 8.81. The number of ether oxygens (including phenoxy) is 3. The van der Waals surface area contributed by atoms with Gasteiger partial charge in [0.1, 0.15) is 12.2 Å². The molecule has 0 bridgehead atoms. The van der Waals surface area contributed by atoms with Gasteiger partial charge in [0, 0.05) is 6.54 Å². The third-order valence-electron chi connectivity index (χ3n) is 5.11. The van der Waals surface area contributed by atoms with Crippen molar-refractivity contribution in [2.75, 3.05) is 11.9 Å². The molecule has 2 saturated heterocycles. The lowest BCUT2D eigenvalue weighted by atomic mass is 10.0. The Hall–Kier alpha value is -1.97. The lowest BCUT2D eigenvalue weighted by Gasteiger charge is -2.26. The Labute approximate surface area is 163 Å². The molecule has 2 aromatic rings. The van der Waals surface area contributed by atoms with E-state index in [1.54, 1.807) is 10.9 Å². The zero-order valence-electron chi connectivity index (χ0n) is 17.2. The second kappa shape index (κ2) is 6.82. The highest BCUT2D eigenvalue weighted by Gasteiger charge is 2.56. The first-order chi connectivity index (χ1) is 13.2. The number of rotatable bonds is 5. The van der Waals surface area contributed by atoms with Crippen LogP contribution in [0.5, 0.6) is 0 Å².